The Labute approximate surface area is 127 Å². The first-order chi connectivity index (χ1) is 9.19. The standard InChI is InChI=1S/C16H25Cl2N/c1-3-5-6-7-9-13(19-4-2)12-14-15(17)10-8-11-16(14)18/h8,10-11,13,19H,3-7,9,12H2,1-2H3. The van der Waals surface area contributed by atoms with Gasteiger partial charge in [0.25, 0.3) is 0 Å². The zero-order chi connectivity index (χ0) is 14.1. The molecule has 0 aliphatic carbocycles. The molecule has 1 rings (SSSR count). The molecule has 0 amide bonds. The van der Waals surface area contributed by atoms with Gasteiger partial charge < -0.3 is 5.32 Å². The van der Waals surface area contributed by atoms with Crippen LogP contribution in [-0.2, 0) is 6.42 Å². The zero-order valence-corrected chi connectivity index (χ0v) is 13.5. The second kappa shape index (κ2) is 9.63. The second-order valence-electron chi connectivity index (χ2n) is 5.01. The fourth-order valence-corrected chi connectivity index (χ4v) is 2.91. The molecule has 0 bridgehead atoms. The van der Waals surface area contributed by atoms with Crippen molar-refractivity contribution >= 4 is 23.2 Å². The van der Waals surface area contributed by atoms with Crippen LogP contribution in [0, 0.1) is 0 Å². The van der Waals surface area contributed by atoms with Crippen LogP contribution in [0.25, 0.3) is 0 Å². The summed E-state index contributed by atoms with van der Waals surface area (Å²) in [6.07, 6.45) is 7.30. The van der Waals surface area contributed by atoms with Gasteiger partial charge in [-0.1, -0.05) is 68.8 Å². The van der Waals surface area contributed by atoms with Crippen LogP contribution in [0.1, 0.15) is 51.5 Å². The van der Waals surface area contributed by atoms with Gasteiger partial charge in [0.2, 0.25) is 0 Å². The maximum atomic E-state index is 6.25. The molecular formula is C16H25Cl2N. The summed E-state index contributed by atoms with van der Waals surface area (Å²) in [7, 11) is 0. The fraction of sp³-hybridized carbons (Fsp3) is 0.625. The molecule has 0 saturated carbocycles. The van der Waals surface area contributed by atoms with E-state index in [-0.39, 0.29) is 0 Å². The van der Waals surface area contributed by atoms with Crippen LogP contribution in [-0.4, -0.2) is 12.6 Å². The molecule has 1 aromatic rings. The molecule has 1 N–H and O–H groups in total. The lowest BCUT2D eigenvalue weighted by molar-refractivity contribution is 0.463. The van der Waals surface area contributed by atoms with Gasteiger partial charge in [-0.3, -0.25) is 0 Å². The van der Waals surface area contributed by atoms with Crippen molar-refractivity contribution in [1.82, 2.24) is 5.32 Å². The maximum absolute atomic E-state index is 6.25. The third kappa shape index (κ3) is 6.16. The van der Waals surface area contributed by atoms with Crippen LogP contribution in [0.4, 0.5) is 0 Å². The third-order valence-electron chi connectivity index (χ3n) is 3.41. The van der Waals surface area contributed by atoms with E-state index in [1.54, 1.807) is 0 Å². The molecule has 0 aromatic heterocycles. The van der Waals surface area contributed by atoms with Gasteiger partial charge in [-0.25, -0.2) is 0 Å². The molecule has 0 aliphatic rings. The summed E-state index contributed by atoms with van der Waals surface area (Å²) in [5.74, 6) is 0. The number of likely N-dealkylation sites (N-methyl/N-ethyl adjacent to an activating group) is 1. The Morgan fingerprint density at radius 1 is 1.05 bits per heavy atom. The Bertz CT molecular complexity index is 346. The van der Waals surface area contributed by atoms with Crippen molar-refractivity contribution in [3.63, 3.8) is 0 Å². The zero-order valence-electron chi connectivity index (χ0n) is 12.0. The van der Waals surface area contributed by atoms with Crippen LogP contribution in [0.15, 0.2) is 18.2 Å². The van der Waals surface area contributed by atoms with E-state index in [1.807, 2.05) is 18.2 Å². The lowest BCUT2D eigenvalue weighted by atomic mass is 10.00. The van der Waals surface area contributed by atoms with E-state index in [0.717, 1.165) is 28.6 Å². The highest BCUT2D eigenvalue weighted by atomic mass is 35.5. The maximum Gasteiger partial charge on any atom is 0.0453 e. The molecule has 1 atom stereocenters. The Morgan fingerprint density at radius 3 is 2.32 bits per heavy atom. The molecular weight excluding hydrogens is 277 g/mol. The van der Waals surface area contributed by atoms with Crippen molar-refractivity contribution in [1.29, 1.82) is 0 Å². The molecule has 0 aliphatic heterocycles. The summed E-state index contributed by atoms with van der Waals surface area (Å²) in [6, 6.07) is 6.21. The first kappa shape index (κ1) is 16.8. The van der Waals surface area contributed by atoms with Crippen LogP contribution in [0.2, 0.25) is 10.0 Å². The lowest BCUT2D eigenvalue weighted by Gasteiger charge is -2.19. The van der Waals surface area contributed by atoms with Gasteiger partial charge in [-0.2, -0.15) is 0 Å². The van der Waals surface area contributed by atoms with Gasteiger partial charge in [0, 0.05) is 16.1 Å². The summed E-state index contributed by atoms with van der Waals surface area (Å²) in [6.45, 7) is 5.37. The Balaban J connectivity index is 2.57. The normalized spacial score (nSPS) is 12.6. The minimum Gasteiger partial charge on any atom is -0.314 e. The highest BCUT2D eigenvalue weighted by molar-refractivity contribution is 6.35. The number of unbranched alkanes of at least 4 members (excludes halogenated alkanes) is 3. The van der Waals surface area contributed by atoms with Gasteiger partial charge in [0.15, 0.2) is 0 Å². The van der Waals surface area contributed by atoms with Gasteiger partial charge in [-0.05, 0) is 37.1 Å². The van der Waals surface area contributed by atoms with Crippen LogP contribution in [0.5, 0.6) is 0 Å². The number of benzene rings is 1. The molecule has 1 unspecified atom stereocenters. The van der Waals surface area contributed by atoms with Gasteiger partial charge >= 0.3 is 0 Å². The Hall–Kier alpha value is -0.240. The predicted octanol–water partition coefficient (Wildman–Crippen LogP) is 5.48. The minimum absolute atomic E-state index is 0.472. The van der Waals surface area contributed by atoms with E-state index < -0.39 is 0 Å². The Morgan fingerprint density at radius 2 is 1.74 bits per heavy atom. The summed E-state index contributed by atoms with van der Waals surface area (Å²) >= 11 is 12.5. The topological polar surface area (TPSA) is 12.0 Å². The van der Waals surface area contributed by atoms with Gasteiger partial charge in [-0.15, -0.1) is 0 Å². The highest BCUT2D eigenvalue weighted by Gasteiger charge is 2.13. The first-order valence-electron chi connectivity index (χ1n) is 7.35. The molecule has 108 valence electrons. The molecule has 0 heterocycles. The van der Waals surface area contributed by atoms with Crippen LogP contribution >= 0.6 is 23.2 Å². The number of hydrogen-bond acceptors (Lipinski definition) is 1. The molecule has 3 heteroatoms. The molecule has 0 radical (unpaired) electrons. The van der Waals surface area contributed by atoms with Crippen LogP contribution < -0.4 is 5.32 Å². The van der Waals surface area contributed by atoms with E-state index in [9.17, 15) is 0 Å². The third-order valence-corrected chi connectivity index (χ3v) is 4.12. The molecule has 0 fully saturated rings. The van der Waals surface area contributed by atoms with E-state index in [4.69, 9.17) is 23.2 Å². The predicted molar refractivity (Wildman–Crippen MR) is 86.4 cm³/mol. The smallest absolute Gasteiger partial charge is 0.0453 e. The molecule has 0 saturated heterocycles. The average Bonchev–Trinajstić information content (AvgIpc) is 2.39. The molecule has 0 spiro atoms. The lowest BCUT2D eigenvalue weighted by Crippen LogP contribution is -2.31. The van der Waals surface area contributed by atoms with Crippen molar-refractivity contribution < 1.29 is 0 Å². The molecule has 1 nitrogen and oxygen atoms in total. The van der Waals surface area contributed by atoms with Crippen molar-refractivity contribution in [2.24, 2.45) is 0 Å². The fourth-order valence-electron chi connectivity index (χ4n) is 2.36. The Kier molecular flexibility index (Phi) is 8.52. The number of nitrogens with one attached hydrogen (secondary N) is 1. The quantitative estimate of drug-likeness (QED) is 0.595. The number of rotatable bonds is 9. The SMILES string of the molecule is CCCCCCC(Cc1c(Cl)cccc1Cl)NCC. The van der Waals surface area contributed by atoms with E-state index in [2.05, 4.69) is 19.2 Å². The van der Waals surface area contributed by atoms with Crippen molar-refractivity contribution in [3.05, 3.63) is 33.8 Å². The minimum atomic E-state index is 0.472. The van der Waals surface area contributed by atoms with Gasteiger partial charge in [0.05, 0.1) is 0 Å². The molecule has 19 heavy (non-hydrogen) atoms. The highest BCUT2D eigenvalue weighted by Crippen LogP contribution is 2.26. The van der Waals surface area contributed by atoms with Crippen molar-refractivity contribution in [2.45, 2.75) is 58.4 Å². The summed E-state index contributed by atoms with van der Waals surface area (Å²) in [5, 5.41) is 5.11. The summed E-state index contributed by atoms with van der Waals surface area (Å²) in [5.41, 5.74) is 1.08. The number of halogens is 2. The average molecular weight is 302 g/mol. The monoisotopic (exact) mass is 301 g/mol. The largest absolute Gasteiger partial charge is 0.314 e. The van der Waals surface area contributed by atoms with E-state index in [1.165, 1.54) is 32.1 Å². The number of hydrogen-bond donors (Lipinski definition) is 1. The van der Waals surface area contributed by atoms with Gasteiger partial charge in [0.1, 0.15) is 0 Å². The van der Waals surface area contributed by atoms with Crippen molar-refractivity contribution in [3.8, 4) is 0 Å². The first-order valence-corrected chi connectivity index (χ1v) is 8.10. The van der Waals surface area contributed by atoms with E-state index in [0.29, 0.717) is 6.04 Å². The van der Waals surface area contributed by atoms with E-state index >= 15 is 0 Å². The molecule has 1 aromatic carbocycles. The van der Waals surface area contributed by atoms with Crippen molar-refractivity contribution in [2.75, 3.05) is 6.54 Å². The van der Waals surface area contributed by atoms with Crippen LogP contribution in [0.3, 0.4) is 0 Å². The summed E-state index contributed by atoms with van der Waals surface area (Å²) < 4.78 is 0. The second-order valence-corrected chi connectivity index (χ2v) is 5.82. The summed E-state index contributed by atoms with van der Waals surface area (Å²) in [4.78, 5) is 0.